The van der Waals surface area contributed by atoms with Crippen LogP contribution in [0.3, 0.4) is 0 Å². The summed E-state index contributed by atoms with van der Waals surface area (Å²) in [7, 11) is -3.18. The summed E-state index contributed by atoms with van der Waals surface area (Å²) in [4.78, 5) is 27.9. The molecule has 0 bridgehead atoms. The van der Waals surface area contributed by atoms with Crippen molar-refractivity contribution in [2.75, 3.05) is 37.5 Å². The van der Waals surface area contributed by atoms with Crippen molar-refractivity contribution >= 4 is 39.3 Å². The van der Waals surface area contributed by atoms with Crippen LogP contribution in [0.2, 0.25) is 0 Å². The van der Waals surface area contributed by atoms with Gasteiger partial charge >= 0.3 is 5.97 Å². The summed E-state index contributed by atoms with van der Waals surface area (Å²) in [5.74, 6) is -0.429. The molecule has 0 spiro atoms. The Labute approximate surface area is 217 Å². The molecular formula is C26H33N3O5S2. The van der Waals surface area contributed by atoms with E-state index in [-0.39, 0.29) is 17.5 Å². The number of rotatable bonds is 8. The molecule has 8 nitrogen and oxygen atoms in total. The Morgan fingerprint density at radius 1 is 1.03 bits per heavy atom. The van der Waals surface area contributed by atoms with Gasteiger partial charge in [0.15, 0.2) is 0 Å². The average molecular weight is 532 g/mol. The third-order valence-corrected chi connectivity index (χ3v) is 9.36. The number of thioether (sulfide) groups is 1. The number of piperidine rings is 1. The third-order valence-electron chi connectivity index (χ3n) is 7.32. The summed E-state index contributed by atoms with van der Waals surface area (Å²) in [6, 6.07) is 14.3. The van der Waals surface area contributed by atoms with Crippen LogP contribution in [0.15, 0.2) is 53.4 Å². The largest absolute Gasteiger partial charge is 0.478 e. The number of hydrogen-bond acceptors (Lipinski definition) is 6. The van der Waals surface area contributed by atoms with Gasteiger partial charge in [-0.3, -0.25) is 9.69 Å². The number of likely N-dealkylation sites (tertiary alicyclic amines) is 1. The van der Waals surface area contributed by atoms with E-state index in [1.165, 1.54) is 23.3 Å². The zero-order chi connectivity index (χ0) is 25.9. The summed E-state index contributed by atoms with van der Waals surface area (Å²) in [5, 5.41) is 12.1. The highest BCUT2D eigenvalue weighted by Crippen LogP contribution is 2.36. The lowest BCUT2D eigenvalue weighted by molar-refractivity contribution is -0.120. The van der Waals surface area contributed by atoms with Crippen LogP contribution in [-0.4, -0.2) is 72.8 Å². The predicted molar refractivity (Wildman–Crippen MR) is 142 cm³/mol. The molecule has 4 rings (SSSR count). The van der Waals surface area contributed by atoms with Crippen molar-refractivity contribution in [2.24, 2.45) is 11.8 Å². The fourth-order valence-electron chi connectivity index (χ4n) is 5.29. The molecule has 2 fully saturated rings. The van der Waals surface area contributed by atoms with E-state index in [0.717, 1.165) is 24.9 Å². The molecule has 2 N–H and O–H groups in total. The number of anilines is 1. The molecule has 10 heteroatoms. The van der Waals surface area contributed by atoms with Gasteiger partial charge in [-0.2, -0.15) is 0 Å². The smallest absolute Gasteiger partial charge is 0.335 e. The van der Waals surface area contributed by atoms with Crippen LogP contribution in [0.4, 0.5) is 5.69 Å². The Kier molecular flexibility index (Phi) is 8.39. The van der Waals surface area contributed by atoms with Gasteiger partial charge in [-0.25, -0.2) is 17.5 Å². The average Bonchev–Trinajstić information content (AvgIpc) is 3.28. The number of sulfonamides is 1. The van der Waals surface area contributed by atoms with Gasteiger partial charge in [0.1, 0.15) is 0 Å². The monoisotopic (exact) mass is 531 g/mol. The lowest BCUT2D eigenvalue weighted by atomic mass is 9.83. The van der Waals surface area contributed by atoms with Crippen molar-refractivity contribution in [3.05, 3.63) is 59.7 Å². The highest BCUT2D eigenvalue weighted by molar-refractivity contribution is 7.98. The lowest BCUT2D eigenvalue weighted by Gasteiger charge is -2.33. The number of carboxylic acids is 1. The zero-order valence-corrected chi connectivity index (χ0v) is 22.2. The van der Waals surface area contributed by atoms with Gasteiger partial charge in [0.2, 0.25) is 15.9 Å². The summed E-state index contributed by atoms with van der Waals surface area (Å²) in [5.41, 5.74) is 1.88. The highest BCUT2D eigenvalue weighted by atomic mass is 32.2. The summed E-state index contributed by atoms with van der Waals surface area (Å²) >= 11 is 1.69. The van der Waals surface area contributed by atoms with Crippen molar-refractivity contribution < 1.29 is 23.1 Å². The minimum atomic E-state index is -3.18. The third kappa shape index (κ3) is 6.47. The van der Waals surface area contributed by atoms with Crippen LogP contribution in [-0.2, 0) is 21.4 Å². The van der Waals surface area contributed by atoms with Crippen LogP contribution in [0.25, 0.3) is 0 Å². The molecule has 0 aromatic heterocycles. The van der Waals surface area contributed by atoms with E-state index in [4.69, 9.17) is 5.11 Å². The second-order valence-corrected chi connectivity index (χ2v) is 12.5. The number of aromatic carboxylic acids is 1. The molecule has 194 valence electrons. The van der Waals surface area contributed by atoms with Crippen molar-refractivity contribution in [3.63, 3.8) is 0 Å². The van der Waals surface area contributed by atoms with E-state index in [0.29, 0.717) is 43.6 Å². The Morgan fingerprint density at radius 3 is 2.22 bits per heavy atom. The standard InChI is InChI=1S/C26H33N3O5S2/c1-35-23-9-3-18(4-10-23)16-28-17-21(19-11-13-29(14-12-19)36(2,33)34)15-24(28)25(30)27-22-7-5-20(6-8-22)26(31)32/h3-10,19,21,24H,11-17H2,1-2H3,(H,27,30)(H,31,32)/t21-,24-/m0/s1. The Balaban J connectivity index is 1.47. The van der Waals surface area contributed by atoms with E-state index in [1.54, 1.807) is 28.2 Å². The molecule has 1 amide bonds. The molecule has 36 heavy (non-hydrogen) atoms. The van der Waals surface area contributed by atoms with Gasteiger partial charge in [-0.05, 0) is 79.3 Å². The maximum absolute atomic E-state index is 13.4. The van der Waals surface area contributed by atoms with Gasteiger partial charge in [0.05, 0.1) is 17.9 Å². The van der Waals surface area contributed by atoms with Crippen molar-refractivity contribution in [1.82, 2.24) is 9.21 Å². The Morgan fingerprint density at radius 2 is 1.67 bits per heavy atom. The van der Waals surface area contributed by atoms with E-state index in [2.05, 4.69) is 34.5 Å². The number of nitrogens with one attached hydrogen (secondary N) is 1. The van der Waals surface area contributed by atoms with E-state index in [1.807, 2.05) is 6.26 Å². The fraction of sp³-hybridized carbons (Fsp3) is 0.462. The first-order valence-corrected chi connectivity index (χ1v) is 15.2. The van der Waals surface area contributed by atoms with E-state index >= 15 is 0 Å². The molecule has 2 aliphatic heterocycles. The molecule has 2 aromatic carbocycles. The van der Waals surface area contributed by atoms with Crippen LogP contribution < -0.4 is 5.32 Å². The topological polar surface area (TPSA) is 107 Å². The van der Waals surface area contributed by atoms with Gasteiger partial charge in [0.25, 0.3) is 0 Å². The van der Waals surface area contributed by atoms with Crippen LogP contribution in [0, 0.1) is 11.8 Å². The van der Waals surface area contributed by atoms with Crippen molar-refractivity contribution in [2.45, 2.75) is 36.7 Å². The molecule has 0 radical (unpaired) electrons. The first-order valence-electron chi connectivity index (χ1n) is 12.1. The van der Waals surface area contributed by atoms with Crippen LogP contribution >= 0.6 is 11.8 Å². The molecule has 0 unspecified atom stereocenters. The Hall–Kier alpha value is -2.40. The van der Waals surface area contributed by atoms with Gasteiger partial charge in [-0.1, -0.05) is 12.1 Å². The maximum atomic E-state index is 13.4. The van der Waals surface area contributed by atoms with E-state index in [9.17, 15) is 18.0 Å². The van der Waals surface area contributed by atoms with Gasteiger partial charge in [-0.15, -0.1) is 11.8 Å². The number of carboxylic acid groups (broad SMARTS) is 1. The molecule has 2 aliphatic rings. The normalized spacial score (nSPS) is 21.9. The first-order chi connectivity index (χ1) is 17.1. The summed E-state index contributed by atoms with van der Waals surface area (Å²) < 4.78 is 25.4. The second kappa shape index (κ2) is 11.3. The highest BCUT2D eigenvalue weighted by Gasteiger charge is 2.41. The quantitative estimate of drug-likeness (QED) is 0.501. The van der Waals surface area contributed by atoms with E-state index < -0.39 is 16.0 Å². The number of nitrogens with zero attached hydrogens (tertiary/aromatic N) is 2. The summed E-state index contributed by atoms with van der Waals surface area (Å²) in [6.07, 6.45) is 5.62. The Bertz CT molecular complexity index is 1180. The fourth-order valence-corrected chi connectivity index (χ4v) is 6.58. The predicted octanol–water partition coefficient (Wildman–Crippen LogP) is 3.61. The molecule has 2 heterocycles. The van der Waals surface area contributed by atoms with Crippen molar-refractivity contribution in [3.8, 4) is 0 Å². The maximum Gasteiger partial charge on any atom is 0.335 e. The number of carbonyl (C=O) groups is 2. The van der Waals surface area contributed by atoms with Crippen molar-refractivity contribution in [1.29, 1.82) is 0 Å². The zero-order valence-electron chi connectivity index (χ0n) is 20.6. The summed E-state index contributed by atoms with van der Waals surface area (Å²) in [6.45, 7) is 2.50. The number of carbonyl (C=O) groups excluding carboxylic acids is 1. The molecule has 2 saturated heterocycles. The number of amides is 1. The minimum Gasteiger partial charge on any atom is -0.478 e. The van der Waals surface area contributed by atoms with Gasteiger partial charge in [0, 0.05) is 36.8 Å². The molecular weight excluding hydrogens is 498 g/mol. The lowest BCUT2D eigenvalue weighted by Crippen LogP contribution is -2.40. The molecule has 0 saturated carbocycles. The first kappa shape index (κ1) is 26.7. The second-order valence-electron chi connectivity index (χ2n) is 9.66. The molecule has 2 aromatic rings. The van der Waals surface area contributed by atoms with Crippen LogP contribution in [0.1, 0.15) is 35.2 Å². The molecule has 2 atom stereocenters. The number of hydrogen-bond donors (Lipinski definition) is 2. The van der Waals surface area contributed by atoms with Crippen LogP contribution in [0.5, 0.6) is 0 Å². The van der Waals surface area contributed by atoms with Gasteiger partial charge < -0.3 is 10.4 Å². The molecule has 0 aliphatic carbocycles. The SMILES string of the molecule is CSc1ccc(CN2C[C@@H](C3CCN(S(C)(=O)=O)CC3)C[C@H]2C(=O)Nc2ccc(C(=O)O)cc2)cc1. The number of benzene rings is 2. The minimum absolute atomic E-state index is 0.102.